The van der Waals surface area contributed by atoms with Crippen LogP contribution in [-0.4, -0.2) is 50.6 Å². The van der Waals surface area contributed by atoms with Crippen LogP contribution in [0, 0.1) is 0 Å². The SMILES string of the molecule is CCCCCCNC(=NC)NCC(C)(C)N(C)C. The summed E-state index contributed by atoms with van der Waals surface area (Å²) in [5.41, 5.74) is 0.125. The molecule has 0 aliphatic carbocycles. The third-order valence-electron chi connectivity index (χ3n) is 3.45. The Balaban J connectivity index is 3.85. The van der Waals surface area contributed by atoms with Crippen molar-refractivity contribution in [2.24, 2.45) is 4.99 Å². The zero-order chi connectivity index (χ0) is 14.0. The number of hydrogen-bond acceptors (Lipinski definition) is 2. The van der Waals surface area contributed by atoms with Gasteiger partial charge in [-0.25, -0.2) is 0 Å². The second-order valence-electron chi connectivity index (χ2n) is 5.62. The molecule has 0 rings (SSSR count). The van der Waals surface area contributed by atoms with Gasteiger partial charge in [-0.05, 0) is 34.4 Å². The zero-order valence-corrected chi connectivity index (χ0v) is 13.1. The van der Waals surface area contributed by atoms with Gasteiger partial charge in [0, 0.05) is 25.7 Å². The fraction of sp³-hybridized carbons (Fsp3) is 0.929. The minimum atomic E-state index is 0.125. The molecule has 0 bridgehead atoms. The average molecular weight is 256 g/mol. The molecule has 108 valence electrons. The van der Waals surface area contributed by atoms with Crippen LogP contribution in [0.15, 0.2) is 4.99 Å². The van der Waals surface area contributed by atoms with E-state index in [9.17, 15) is 0 Å². The number of unbranched alkanes of at least 4 members (excludes halogenated alkanes) is 3. The molecule has 0 atom stereocenters. The molecule has 0 aliphatic heterocycles. The molecular formula is C14H32N4. The highest BCUT2D eigenvalue weighted by atomic mass is 15.2. The molecule has 0 heterocycles. The van der Waals surface area contributed by atoms with E-state index in [0.29, 0.717) is 0 Å². The number of rotatable bonds is 8. The molecule has 0 aromatic carbocycles. The van der Waals surface area contributed by atoms with E-state index in [-0.39, 0.29) is 5.54 Å². The number of aliphatic imine (C=N–C) groups is 1. The van der Waals surface area contributed by atoms with Crippen molar-refractivity contribution in [1.82, 2.24) is 15.5 Å². The predicted octanol–water partition coefficient (Wildman–Crippen LogP) is 2.07. The van der Waals surface area contributed by atoms with Crippen LogP contribution in [0.3, 0.4) is 0 Å². The van der Waals surface area contributed by atoms with Crippen molar-refractivity contribution in [3.8, 4) is 0 Å². The topological polar surface area (TPSA) is 39.7 Å². The van der Waals surface area contributed by atoms with Gasteiger partial charge < -0.3 is 15.5 Å². The Bertz CT molecular complexity index is 234. The number of likely N-dealkylation sites (N-methyl/N-ethyl adjacent to an activating group) is 1. The van der Waals surface area contributed by atoms with E-state index >= 15 is 0 Å². The van der Waals surface area contributed by atoms with Gasteiger partial charge in [-0.3, -0.25) is 4.99 Å². The second-order valence-corrected chi connectivity index (χ2v) is 5.62. The van der Waals surface area contributed by atoms with Crippen LogP contribution >= 0.6 is 0 Å². The van der Waals surface area contributed by atoms with Gasteiger partial charge >= 0.3 is 0 Å². The van der Waals surface area contributed by atoms with Gasteiger partial charge in [0.05, 0.1) is 0 Å². The molecule has 0 unspecified atom stereocenters. The number of nitrogens with zero attached hydrogens (tertiary/aromatic N) is 2. The first-order chi connectivity index (χ1) is 8.44. The Morgan fingerprint density at radius 3 is 2.28 bits per heavy atom. The van der Waals surface area contributed by atoms with Crippen LogP contribution in [-0.2, 0) is 0 Å². The summed E-state index contributed by atoms with van der Waals surface area (Å²) in [6.45, 7) is 8.55. The third-order valence-corrected chi connectivity index (χ3v) is 3.45. The molecule has 0 aliphatic rings. The van der Waals surface area contributed by atoms with Gasteiger partial charge in [0.1, 0.15) is 0 Å². The van der Waals surface area contributed by atoms with E-state index in [0.717, 1.165) is 19.0 Å². The van der Waals surface area contributed by atoms with Crippen molar-refractivity contribution in [3.63, 3.8) is 0 Å². The smallest absolute Gasteiger partial charge is 0.191 e. The lowest BCUT2D eigenvalue weighted by Crippen LogP contribution is -2.50. The van der Waals surface area contributed by atoms with Crippen LogP contribution in [0.25, 0.3) is 0 Å². The van der Waals surface area contributed by atoms with Gasteiger partial charge in [0.2, 0.25) is 0 Å². The van der Waals surface area contributed by atoms with Gasteiger partial charge in [0.25, 0.3) is 0 Å². The number of nitrogens with one attached hydrogen (secondary N) is 2. The summed E-state index contributed by atoms with van der Waals surface area (Å²) in [5.74, 6) is 0.904. The summed E-state index contributed by atoms with van der Waals surface area (Å²) in [5, 5.41) is 6.74. The summed E-state index contributed by atoms with van der Waals surface area (Å²) in [7, 11) is 6.02. The third kappa shape index (κ3) is 7.54. The van der Waals surface area contributed by atoms with E-state index in [1.54, 1.807) is 0 Å². The van der Waals surface area contributed by atoms with Crippen molar-refractivity contribution < 1.29 is 0 Å². The standard InChI is InChI=1S/C14H32N4/c1-7-8-9-10-11-16-13(15-4)17-12-14(2,3)18(5)6/h7-12H2,1-6H3,(H2,15,16,17). The Kier molecular flexibility index (Phi) is 8.81. The molecule has 0 saturated heterocycles. The van der Waals surface area contributed by atoms with Crippen LogP contribution in [0.1, 0.15) is 46.5 Å². The quantitative estimate of drug-likeness (QED) is 0.397. The Hall–Kier alpha value is -0.770. The van der Waals surface area contributed by atoms with E-state index in [1.807, 2.05) is 7.05 Å². The van der Waals surface area contributed by atoms with Gasteiger partial charge in [0.15, 0.2) is 5.96 Å². The molecule has 0 spiro atoms. The van der Waals surface area contributed by atoms with Crippen molar-refractivity contribution in [3.05, 3.63) is 0 Å². The zero-order valence-electron chi connectivity index (χ0n) is 13.1. The molecule has 18 heavy (non-hydrogen) atoms. The molecule has 0 amide bonds. The molecule has 0 aromatic rings. The van der Waals surface area contributed by atoms with Crippen molar-refractivity contribution in [2.45, 2.75) is 52.0 Å². The lowest BCUT2D eigenvalue weighted by Gasteiger charge is -2.33. The van der Waals surface area contributed by atoms with E-state index < -0.39 is 0 Å². The lowest BCUT2D eigenvalue weighted by molar-refractivity contribution is 0.197. The van der Waals surface area contributed by atoms with E-state index in [2.05, 4.69) is 55.4 Å². The Labute approximate surface area is 113 Å². The average Bonchev–Trinajstić information content (AvgIpc) is 2.32. The first-order valence-corrected chi connectivity index (χ1v) is 7.06. The molecule has 4 nitrogen and oxygen atoms in total. The molecule has 0 radical (unpaired) electrons. The Morgan fingerprint density at radius 2 is 1.78 bits per heavy atom. The van der Waals surface area contributed by atoms with Gasteiger partial charge in [-0.15, -0.1) is 0 Å². The summed E-state index contributed by atoms with van der Waals surface area (Å²) in [4.78, 5) is 6.46. The van der Waals surface area contributed by atoms with E-state index in [4.69, 9.17) is 0 Å². The van der Waals surface area contributed by atoms with Crippen molar-refractivity contribution in [1.29, 1.82) is 0 Å². The van der Waals surface area contributed by atoms with Crippen LogP contribution in [0.2, 0.25) is 0 Å². The molecule has 4 heteroatoms. The molecule has 0 aromatic heterocycles. The summed E-state index contributed by atoms with van der Waals surface area (Å²) >= 11 is 0. The molecule has 2 N–H and O–H groups in total. The molecule has 0 saturated carbocycles. The summed E-state index contributed by atoms with van der Waals surface area (Å²) < 4.78 is 0. The normalized spacial score (nSPS) is 12.9. The second kappa shape index (κ2) is 9.20. The highest BCUT2D eigenvalue weighted by Gasteiger charge is 2.20. The predicted molar refractivity (Wildman–Crippen MR) is 81.3 cm³/mol. The molecular weight excluding hydrogens is 224 g/mol. The maximum absolute atomic E-state index is 4.24. The van der Waals surface area contributed by atoms with Crippen LogP contribution < -0.4 is 10.6 Å². The minimum Gasteiger partial charge on any atom is -0.356 e. The number of guanidine groups is 1. The monoisotopic (exact) mass is 256 g/mol. The van der Waals surface area contributed by atoms with Crippen LogP contribution in [0.5, 0.6) is 0 Å². The molecule has 0 fully saturated rings. The first kappa shape index (κ1) is 17.2. The summed E-state index contributed by atoms with van der Waals surface area (Å²) in [6, 6.07) is 0. The minimum absolute atomic E-state index is 0.125. The maximum atomic E-state index is 4.24. The highest BCUT2D eigenvalue weighted by Crippen LogP contribution is 2.07. The maximum Gasteiger partial charge on any atom is 0.191 e. The van der Waals surface area contributed by atoms with Crippen molar-refractivity contribution in [2.75, 3.05) is 34.2 Å². The fourth-order valence-corrected chi connectivity index (χ4v) is 1.44. The van der Waals surface area contributed by atoms with Crippen LogP contribution in [0.4, 0.5) is 0 Å². The van der Waals surface area contributed by atoms with Gasteiger partial charge in [-0.1, -0.05) is 26.2 Å². The first-order valence-electron chi connectivity index (χ1n) is 7.06. The van der Waals surface area contributed by atoms with Crippen molar-refractivity contribution >= 4 is 5.96 Å². The highest BCUT2D eigenvalue weighted by molar-refractivity contribution is 5.79. The Morgan fingerprint density at radius 1 is 1.11 bits per heavy atom. The number of hydrogen-bond donors (Lipinski definition) is 2. The van der Waals surface area contributed by atoms with Gasteiger partial charge in [-0.2, -0.15) is 0 Å². The largest absolute Gasteiger partial charge is 0.356 e. The van der Waals surface area contributed by atoms with E-state index in [1.165, 1.54) is 25.7 Å². The lowest BCUT2D eigenvalue weighted by atomic mass is 10.0. The fourth-order valence-electron chi connectivity index (χ4n) is 1.44. The summed E-state index contributed by atoms with van der Waals surface area (Å²) in [6.07, 6.45) is 5.11.